The van der Waals surface area contributed by atoms with Crippen molar-refractivity contribution in [1.29, 1.82) is 0 Å². The largest absolute Gasteiger partial charge is 0.392 e. The van der Waals surface area contributed by atoms with Crippen LogP contribution in [0.2, 0.25) is 0 Å². The van der Waals surface area contributed by atoms with Crippen molar-refractivity contribution in [3.05, 3.63) is 0 Å². The Balaban J connectivity index is 2.15. The van der Waals surface area contributed by atoms with Gasteiger partial charge >= 0.3 is 0 Å². The third-order valence-corrected chi connectivity index (χ3v) is 4.32. The second kappa shape index (κ2) is 4.65. The van der Waals surface area contributed by atoms with Crippen molar-refractivity contribution in [3.63, 3.8) is 0 Å². The fourth-order valence-electron chi connectivity index (χ4n) is 3.31. The number of Topliss-reactive ketones (excluding diaryl/α,β-unsaturated/α-hetero) is 1. The molecule has 2 nitrogen and oxygen atoms in total. The van der Waals surface area contributed by atoms with Crippen LogP contribution < -0.4 is 0 Å². The van der Waals surface area contributed by atoms with Crippen LogP contribution in [0.1, 0.15) is 64.2 Å². The van der Waals surface area contributed by atoms with Crippen molar-refractivity contribution >= 4 is 5.78 Å². The fourth-order valence-corrected chi connectivity index (χ4v) is 3.31. The van der Waals surface area contributed by atoms with Crippen LogP contribution in [-0.2, 0) is 4.79 Å². The van der Waals surface area contributed by atoms with Crippen LogP contribution in [0.15, 0.2) is 0 Å². The molecule has 15 heavy (non-hydrogen) atoms. The SMILES string of the molecule is O=C1CCCCCCC12CCCC[C@@H]2O. The smallest absolute Gasteiger partial charge is 0.141 e. The first-order valence-corrected chi connectivity index (χ1v) is 6.47. The molecular formula is C13H22O2. The van der Waals surface area contributed by atoms with Crippen molar-refractivity contribution in [1.82, 2.24) is 0 Å². The fraction of sp³-hybridized carbons (Fsp3) is 0.923. The molecule has 2 aliphatic rings. The van der Waals surface area contributed by atoms with Crippen LogP contribution in [0.3, 0.4) is 0 Å². The molecule has 2 fully saturated rings. The highest BCUT2D eigenvalue weighted by atomic mass is 16.3. The Morgan fingerprint density at radius 1 is 1.00 bits per heavy atom. The lowest BCUT2D eigenvalue weighted by Crippen LogP contribution is -2.45. The van der Waals surface area contributed by atoms with Crippen LogP contribution in [-0.4, -0.2) is 17.0 Å². The molecule has 2 atom stereocenters. The number of aliphatic hydroxyl groups is 1. The van der Waals surface area contributed by atoms with E-state index in [0.717, 1.165) is 44.9 Å². The molecule has 0 aliphatic heterocycles. The summed E-state index contributed by atoms with van der Waals surface area (Å²) in [6.45, 7) is 0. The van der Waals surface area contributed by atoms with Gasteiger partial charge in [-0.1, -0.05) is 32.1 Å². The molecule has 0 saturated heterocycles. The molecule has 0 aromatic carbocycles. The molecule has 0 bridgehead atoms. The number of ketones is 1. The molecule has 0 amide bonds. The molecule has 0 heterocycles. The summed E-state index contributed by atoms with van der Waals surface area (Å²) in [4.78, 5) is 12.2. The normalized spacial score (nSPS) is 38.7. The molecule has 1 unspecified atom stereocenters. The number of carbonyl (C=O) groups is 1. The van der Waals surface area contributed by atoms with E-state index in [9.17, 15) is 9.90 Å². The molecule has 0 aromatic rings. The van der Waals surface area contributed by atoms with E-state index in [4.69, 9.17) is 0 Å². The van der Waals surface area contributed by atoms with Gasteiger partial charge in [-0.05, 0) is 25.7 Å². The van der Waals surface area contributed by atoms with Crippen LogP contribution in [0.5, 0.6) is 0 Å². The number of aliphatic hydroxyl groups excluding tert-OH is 1. The molecule has 2 aliphatic carbocycles. The summed E-state index contributed by atoms with van der Waals surface area (Å²) in [6.07, 6.45) is 9.88. The standard InChI is InChI=1S/C13H22O2/c14-11-7-3-1-2-5-9-13(11)10-6-4-8-12(13)15/h12,15H,1-10H2/t12-,13?/m0/s1. The van der Waals surface area contributed by atoms with Gasteiger partial charge in [0.1, 0.15) is 5.78 Å². The van der Waals surface area contributed by atoms with E-state index < -0.39 is 0 Å². The molecule has 0 aromatic heterocycles. The summed E-state index contributed by atoms with van der Waals surface area (Å²) in [6, 6.07) is 0. The van der Waals surface area contributed by atoms with Crippen molar-refractivity contribution < 1.29 is 9.90 Å². The zero-order chi connectivity index (χ0) is 10.7. The second-order valence-electron chi connectivity index (χ2n) is 5.26. The monoisotopic (exact) mass is 210 g/mol. The first-order valence-electron chi connectivity index (χ1n) is 6.47. The Hall–Kier alpha value is -0.370. The quantitative estimate of drug-likeness (QED) is 0.667. The van der Waals surface area contributed by atoms with Crippen molar-refractivity contribution in [2.24, 2.45) is 5.41 Å². The Morgan fingerprint density at radius 2 is 1.67 bits per heavy atom. The topological polar surface area (TPSA) is 37.3 Å². The van der Waals surface area contributed by atoms with Crippen LogP contribution in [0.4, 0.5) is 0 Å². The first kappa shape index (κ1) is 11.1. The Bertz CT molecular complexity index is 237. The van der Waals surface area contributed by atoms with Gasteiger partial charge in [-0.25, -0.2) is 0 Å². The molecule has 1 spiro atoms. The summed E-state index contributed by atoms with van der Waals surface area (Å²) in [5, 5.41) is 10.2. The summed E-state index contributed by atoms with van der Waals surface area (Å²) in [5.74, 6) is 0.356. The number of hydrogen-bond acceptors (Lipinski definition) is 2. The Kier molecular flexibility index (Phi) is 3.45. The summed E-state index contributed by atoms with van der Waals surface area (Å²) in [5.41, 5.74) is -0.335. The van der Waals surface area contributed by atoms with Crippen molar-refractivity contribution in [3.8, 4) is 0 Å². The predicted octanol–water partition coefficient (Wildman–Crippen LogP) is 2.83. The van der Waals surface area contributed by atoms with E-state index in [1.165, 1.54) is 12.8 Å². The highest BCUT2D eigenvalue weighted by Crippen LogP contribution is 2.43. The Labute approximate surface area is 92.1 Å². The van der Waals surface area contributed by atoms with E-state index in [1.807, 2.05) is 0 Å². The molecule has 2 heteroatoms. The van der Waals surface area contributed by atoms with Gasteiger partial charge in [0.2, 0.25) is 0 Å². The average Bonchev–Trinajstić information content (AvgIpc) is 2.23. The lowest BCUT2D eigenvalue weighted by Gasteiger charge is -2.41. The minimum Gasteiger partial charge on any atom is -0.392 e. The Morgan fingerprint density at radius 3 is 2.47 bits per heavy atom. The van der Waals surface area contributed by atoms with E-state index in [-0.39, 0.29) is 11.5 Å². The molecule has 0 radical (unpaired) electrons. The van der Waals surface area contributed by atoms with E-state index in [1.54, 1.807) is 0 Å². The van der Waals surface area contributed by atoms with E-state index >= 15 is 0 Å². The predicted molar refractivity (Wildman–Crippen MR) is 59.6 cm³/mol. The van der Waals surface area contributed by atoms with Gasteiger partial charge in [-0.2, -0.15) is 0 Å². The zero-order valence-corrected chi connectivity index (χ0v) is 9.50. The average molecular weight is 210 g/mol. The minimum atomic E-state index is -0.350. The molecule has 2 saturated carbocycles. The van der Waals surface area contributed by atoms with Crippen molar-refractivity contribution in [2.45, 2.75) is 70.3 Å². The number of carbonyl (C=O) groups excluding carboxylic acids is 1. The second-order valence-corrected chi connectivity index (χ2v) is 5.26. The number of hydrogen-bond donors (Lipinski definition) is 1. The molecular weight excluding hydrogens is 188 g/mol. The third-order valence-electron chi connectivity index (χ3n) is 4.32. The molecule has 86 valence electrons. The number of rotatable bonds is 0. The highest BCUT2D eigenvalue weighted by molar-refractivity contribution is 5.85. The van der Waals surface area contributed by atoms with Gasteiger partial charge in [0.15, 0.2) is 0 Å². The van der Waals surface area contributed by atoms with Crippen molar-refractivity contribution in [2.75, 3.05) is 0 Å². The third kappa shape index (κ3) is 2.10. The zero-order valence-electron chi connectivity index (χ0n) is 9.50. The van der Waals surface area contributed by atoms with Crippen LogP contribution >= 0.6 is 0 Å². The maximum Gasteiger partial charge on any atom is 0.141 e. The molecule has 2 rings (SSSR count). The summed E-state index contributed by atoms with van der Waals surface area (Å²) < 4.78 is 0. The van der Waals surface area contributed by atoms with Crippen LogP contribution in [0.25, 0.3) is 0 Å². The molecule has 1 N–H and O–H groups in total. The summed E-state index contributed by atoms with van der Waals surface area (Å²) >= 11 is 0. The maximum atomic E-state index is 12.2. The highest BCUT2D eigenvalue weighted by Gasteiger charge is 2.45. The summed E-state index contributed by atoms with van der Waals surface area (Å²) in [7, 11) is 0. The van der Waals surface area contributed by atoms with E-state index in [2.05, 4.69) is 0 Å². The van der Waals surface area contributed by atoms with Gasteiger partial charge in [0.05, 0.1) is 11.5 Å². The van der Waals surface area contributed by atoms with Gasteiger partial charge in [0, 0.05) is 6.42 Å². The lowest BCUT2D eigenvalue weighted by atomic mass is 9.64. The van der Waals surface area contributed by atoms with E-state index in [0.29, 0.717) is 12.2 Å². The van der Waals surface area contributed by atoms with Gasteiger partial charge < -0.3 is 5.11 Å². The first-order chi connectivity index (χ1) is 7.26. The maximum absolute atomic E-state index is 12.2. The minimum absolute atomic E-state index is 0.335. The van der Waals surface area contributed by atoms with Gasteiger partial charge in [-0.3, -0.25) is 4.79 Å². The van der Waals surface area contributed by atoms with Crippen LogP contribution in [0, 0.1) is 5.41 Å². The van der Waals surface area contributed by atoms with Gasteiger partial charge in [-0.15, -0.1) is 0 Å². The van der Waals surface area contributed by atoms with Gasteiger partial charge in [0.25, 0.3) is 0 Å². The lowest BCUT2D eigenvalue weighted by molar-refractivity contribution is -0.141.